The molecule has 0 aromatic carbocycles. The van der Waals surface area contributed by atoms with Crippen molar-refractivity contribution in [3.63, 3.8) is 0 Å². The lowest BCUT2D eigenvalue weighted by Crippen LogP contribution is -2.47. The van der Waals surface area contributed by atoms with Gasteiger partial charge in [-0.2, -0.15) is 0 Å². The van der Waals surface area contributed by atoms with E-state index in [2.05, 4.69) is 12.2 Å². The summed E-state index contributed by atoms with van der Waals surface area (Å²) in [5.41, 5.74) is -0.805. The van der Waals surface area contributed by atoms with E-state index >= 15 is 0 Å². The molecule has 5 nitrogen and oxygen atoms in total. The molecule has 1 aliphatic carbocycles. The molecule has 0 bridgehead atoms. The lowest BCUT2D eigenvalue weighted by molar-refractivity contribution is -0.0386. The van der Waals surface area contributed by atoms with Gasteiger partial charge in [-0.25, -0.2) is 0 Å². The van der Waals surface area contributed by atoms with Crippen molar-refractivity contribution in [2.75, 3.05) is 26.3 Å². The first-order valence-electron chi connectivity index (χ1n) is 8.34. The van der Waals surface area contributed by atoms with Crippen LogP contribution in [0.4, 0.5) is 0 Å². The summed E-state index contributed by atoms with van der Waals surface area (Å²) in [4.78, 5) is 0. The number of nitrogens with one attached hydrogen (secondary N) is 1. The van der Waals surface area contributed by atoms with E-state index in [1.54, 1.807) is 0 Å². The normalized spacial score (nSPS) is 38.6. The van der Waals surface area contributed by atoms with Crippen LogP contribution in [-0.4, -0.2) is 60.4 Å². The van der Waals surface area contributed by atoms with E-state index in [-0.39, 0.29) is 6.10 Å². The molecule has 3 N–H and O–H groups in total. The van der Waals surface area contributed by atoms with Gasteiger partial charge >= 0.3 is 0 Å². The Balaban J connectivity index is 1.56. The minimum atomic E-state index is -0.805. The van der Waals surface area contributed by atoms with Gasteiger partial charge in [-0.05, 0) is 38.5 Å². The monoisotopic (exact) mass is 301 g/mol. The van der Waals surface area contributed by atoms with Gasteiger partial charge in [0, 0.05) is 26.1 Å². The molecule has 2 rings (SSSR count). The van der Waals surface area contributed by atoms with Crippen LogP contribution in [0.2, 0.25) is 0 Å². The quantitative estimate of drug-likeness (QED) is 0.656. The maximum absolute atomic E-state index is 10.3. The first-order chi connectivity index (χ1) is 9.99. The summed E-state index contributed by atoms with van der Waals surface area (Å²) in [5.74, 6) is 0.813. The highest BCUT2D eigenvalue weighted by Gasteiger charge is 2.39. The van der Waals surface area contributed by atoms with E-state index in [4.69, 9.17) is 9.47 Å². The number of hydrogen-bond acceptors (Lipinski definition) is 5. The fourth-order valence-electron chi connectivity index (χ4n) is 3.16. The summed E-state index contributed by atoms with van der Waals surface area (Å²) in [5, 5.41) is 23.4. The average molecular weight is 301 g/mol. The second-order valence-corrected chi connectivity index (χ2v) is 6.87. The molecule has 1 saturated carbocycles. The molecule has 0 radical (unpaired) electrons. The van der Waals surface area contributed by atoms with Crippen LogP contribution in [0.5, 0.6) is 0 Å². The van der Waals surface area contributed by atoms with Gasteiger partial charge in [0.2, 0.25) is 0 Å². The fraction of sp³-hybridized carbons (Fsp3) is 1.00. The number of aliphatic hydroxyl groups excluding tert-OH is 1. The summed E-state index contributed by atoms with van der Waals surface area (Å²) in [6.45, 7) is 6.04. The predicted molar refractivity (Wildman–Crippen MR) is 81.2 cm³/mol. The zero-order chi connectivity index (χ0) is 15.3. The maximum Gasteiger partial charge on any atom is 0.105 e. The molecule has 0 amide bonds. The molecule has 5 heteroatoms. The number of aliphatic hydroxyl groups is 2. The smallest absolute Gasteiger partial charge is 0.105 e. The molecule has 1 aliphatic heterocycles. The second-order valence-electron chi connectivity index (χ2n) is 6.87. The van der Waals surface area contributed by atoms with Gasteiger partial charge in [0.05, 0.1) is 24.9 Å². The standard InChI is InChI=1S/C16H31NO4/c1-12-3-5-15(6-4-12)21-10-14(18)9-17-11-16(19)7-8-20-13(16)2/h12-15,17-19H,3-11H2,1-2H3. The molecular weight excluding hydrogens is 270 g/mol. The van der Waals surface area contributed by atoms with Crippen molar-refractivity contribution in [3.8, 4) is 0 Å². The van der Waals surface area contributed by atoms with E-state index in [1.807, 2.05) is 6.92 Å². The summed E-state index contributed by atoms with van der Waals surface area (Å²) in [6, 6.07) is 0. The Kier molecular flexibility index (Phi) is 6.44. The largest absolute Gasteiger partial charge is 0.389 e. The van der Waals surface area contributed by atoms with Crippen molar-refractivity contribution in [1.82, 2.24) is 5.32 Å². The molecule has 3 unspecified atom stereocenters. The molecule has 2 aliphatic rings. The van der Waals surface area contributed by atoms with Crippen LogP contribution in [0.1, 0.15) is 46.0 Å². The molecule has 0 spiro atoms. The van der Waals surface area contributed by atoms with E-state index in [9.17, 15) is 10.2 Å². The fourth-order valence-corrected chi connectivity index (χ4v) is 3.16. The molecule has 0 aromatic heterocycles. The van der Waals surface area contributed by atoms with Crippen molar-refractivity contribution in [1.29, 1.82) is 0 Å². The molecule has 21 heavy (non-hydrogen) atoms. The van der Waals surface area contributed by atoms with Gasteiger partial charge in [-0.3, -0.25) is 0 Å². The molecule has 124 valence electrons. The van der Waals surface area contributed by atoms with Crippen molar-refractivity contribution >= 4 is 0 Å². The SMILES string of the molecule is CC1CCC(OCC(O)CNCC2(O)CCOC2C)CC1. The van der Waals surface area contributed by atoms with Crippen LogP contribution in [0.3, 0.4) is 0 Å². The second kappa shape index (κ2) is 7.88. The first-order valence-corrected chi connectivity index (χ1v) is 8.34. The zero-order valence-corrected chi connectivity index (χ0v) is 13.4. The van der Waals surface area contributed by atoms with Crippen LogP contribution in [0.15, 0.2) is 0 Å². The highest BCUT2D eigenvalue weighted by Crippen LogP contribution is 2.26. The molecule has 2 fully saturated rings. The minimum absolute atomic E-state index is 0.150. The Morgan fingerprint density at radius 3 is 2.62 bits per heavy atom. The Morgan fingerprint density at radius 1 is 1.29 bits per heavy atom. The van der Waals surface area contributed by atoms with Gasteiger partial charge < -0.3 is 25.0 Å². The van der Waals surface area contributed by atoms with Crippen LogP contribution in [0.25, 0.3) is 0 Å². The maximum atomic E-state index is 10.3. The zero-order valence-electron chi connectivity index (χ0n) is 13.4. The molecule has 0 aromatic rings. The molecular formula is C16H31NO4. The topological polar surface area (TPSA) is 71.0 Å². The number of ether oxygens (including phenoxy) is 2. The van der Waals surface area contributed by atoms with Crippen molar-refractivity contribution in [2.24, 2.45) is 5.92 Å². The summed E-state index contributed by atoms with van der Waals surface area (Å²) in [6.07, 6.45) is 4.95. The Morgan fingerprint density at radius 2 is 2.00 bits per heavy atom. The van der Waals surface area contributed by atoms with Crippen LogP contribution >= 0.6 is 0 Å². The van der Waals surface area contributed by atoms with Crippen LogP contribution in [-0.2, 0) is 9.47 Å². The lowest BCUT2D eigenvalue weighted by atomic mass is 9.89. The Hall–Kier alpha value is -0.200. The minimum Gasteiger partial charge on any atom is -0.389 e. The third-order valence-electron chi connectivity index (χ3n) is 4.96. The van der Waals surface area contributed by atoms with Crippen molar-refractivity contribution < 1.29 is 19.7 Å². The Labute approximate surface area is 128 Å². The van der Waals surface area contributed by atoms with Gasteiger partial charge in [-0.15, -0.1) is 0 Å². The van der Waals surface area contributed by atoms with Crippen LogP contribution < -0.4 is 5.32 Å². The summed E-state index contributed by atoms with van der Waals surface area (Å²) in [7, 11) is 0. The average Bonchev–Trinajstić information content (AvgIpc) is 2.78. The molecule has 1 heterocycles. The number of rotatable bonds is 7. The third-order valence-corrected chi connectivity index (χ3v) is 4.96. The summed E-state index contributed by atoms with van der Waals surface area (Å²) >= 11 is 0. The van der Waals surface area contributed by atoms with E-state index in [0.717, 1.165) is 18.8 Å². The van der Waals surface area contributed by atoms with E-state index < -0.39 is 11.7 Å². The first kappa shape index (κ1) is 17.2. The van der Waals surface area contributed by atoms with Gasteiger partial charge in [0.25, 0.3) is 0 Å². The van der Waals surface area contributed by atoms with Gasteiger partial charge in [0.15, 0.2) is 0 Å². The summed E-state index contributed by atoms with van der Waals surface area (Å²) < 4.78 is 11.2. The van der Waals surface area contributed by atoms with Crippen molar-refractivity contribution in [2.45, 2.75) is 69.9 Å². The predicted octanol–water partition coefficient (Wildman–Crippen LogP) is 1.07. The highest BCUT2D eigenvalue weighted by molar-refractivity contribution is 4.91. The molecule has 1 saturated heterocycles. The number of hydrogen-bond donors (Lipinski definition) is 3. The molecule has 3 atom stereocenters. The third kappa shape index (κ3) is 5.18. The Bertz CT molecular complexity index is 307. The van der Waals surface area contributed by atoms with E-state index in [0.29, 0.717) is 38.8 Å². The van der Waals surface area contributed by atoms with Gasteiger partial charge in [0.1, 0.15) is 5.60 Å². The van der Waals surface area contributed by atoms with E-state index in [1.165, 1.54) is 12.8 Å². The van der Waals surface area contributed by atoms with Crippen molar-refractivity contribution in [3.05, 3.63) is 0 Å². The van der Waals surface area contributed by atoms with Crippen LogP contribution in [0, 0.1) is 5.92 Å². The lowest BCUT2D eigenvalue weighted by Gasteiger charge is -2.28. The van der Waals surface area contributed by atoms with Gasteiger partial charge in [-0.1, -0.05) is 6.92 Å². The highest BCUT2D eigenvalue weighted by atomic mass is 16.5.